The highest BCUT2D eigenvalue weighted by atomic mass is 19.3. The number of alkyl halides is 2. The van der Waals surface area contributed by atoms with Gasteiger partial charge in [0.2, 0.25) is 0 Å². The quantitative estimate of drug-likeness (QED) is 0.891. The summed E-state index contributed by atoms with van der Waals surface area (Å²) in [6.07, 6.45) is 2.80. The smallest absolute Gasteiger partial charge is 0.410 e. The molecular weight excluding hydrogens is 332 g/mol. The molecular formula is C18H23F2NO4. The van der Waals surface area contributed by atoms with Gasteiger partial charge in [-0.2, -0.15) is 8.78 Å². The Hall–Kier alpha value is -1.89. The molecule has 1 spiro atoms. The van der Waals surface area contributed by atoms with Gasteiger partial charge in [0.15, 0.2) is 0 Å². The second-order valence-corrected chi connectivity index (χ2v) is 6.85. The molecule has 25 heavy (non-hydrogen) atoms. The fourth-order valence-corrected chi connectivity index (χ4v) is 3.65. The van der Waals surface area contributed by atoms with Gasteiger partial charge in [0.05, 0.1) is 12.1 Å². The average molecular weight is 355 g/mol. The Morgan fingerprint density at radius 1 is 1.24 bits per heavy atom. The van der Waals surface area contributed by atoms with Gasteiger partial charge in [0, 0.05) is 13.0 Å². The van der Waals surface area contributed by atoms with Crippen molar-refractivity contribution in [1.29, 1.82) is 0 Å². The van der Waals surface area contributed by atoms with Crippen LogP contribution in [0.25, 0.3) is 0 Å². The van der Waals surface area contributed by atoms with Gasteiger partial charge in [0.25, 0.3) is 0 Å². The summed E-state index contributed by atoms with van der Waals surface area (Å²) in [5.74, 6) is 0.0897. The molecule has 138 valence electrons. The van der Waals surface area contributed by atoms with Gasteiger partial charge in [0.1, 0.15) is 11.4 Å². The van der Waals surface area contributed by atoms with Crippen molar-refractivity contribution in [3.05, 3.63) is 29.8 Å². The lowest BCUT2D eigenvalue weighted by molar-refractivity contribution is -0.0908. The largest absolute Gasteiger partial charge is 0.443 e. The summed E-state index contributed by atoms with van der Waals surface area (Å²) < 4.78 is 34.5. The molecule has 3 rings (SSSR count). The molecule has 1 aromatic carbocycles. The second-order valence-electron chi connectivity index (χ2n) is 6.85. The number of nitrogens with zero attached hydrogens (tertiary/aromatic N) is 1. The van der Waals surface area contributed by atoms with Crippen LogP contribution in [-0.4, -0.2) is 41.0 Å². The molecule has 2 fully saturated rings. The molecule has 1 atom stereocenters. The third-order valence-electron chi connectivity index (χ3n) is 5.27. The highest BCUT2D eigenvalue weighted by Gasteiger charge is 2.44. The van der Waals surface area contributed by atoms with Gasteiger partial charge in [-0.05, 0) is 50.3 Å². The Morgan fingerprint density at radius 2 is 1.88 bits per heavy atom. The molecule has 1 aromatic rings. The van der Waals surface area contributed by atoms with Crippen molar-refractivity contribution in [2.24, 2.45) is 0 Å². The number of aliphatic hydroxyl groups is 1. The predicted molar refractivity (Wildman–Crippen MR) is 86.5 cm³/mol. The van der Waals surface area contributed by atoms with Gasteiger partial charge in [-0.3, -0.25) is 0 Å². The lowest BCUT2D eigenvalue weighted by Crippen LogP contribution is -2.52. The number of aliphatic hydroxyl groups excluding tert-OH is 1. The molecule has 1 aliphatic heterocycles. The molecule has 5 nitrogen and oxygen atoms in total. The summed E-state index contributed by atoms with van der Waals surface area (Å²) in [7, 11) is 0. The minimum absolute atomic E-state index is 0.0897. The van der Waals surface area contributed by atoms with Crippen LogP contribution in [0.3, 0.4) is 0 Å². The molecule has 1 heterocycles. The Labute approximate surface area is 145 Å². The molecule has 1 saturated carbocycles. The van der Waals surface area contributed by atoms with Crippen molar-refractivity contribution in [3.63, 3.8) is 0 Å². The van der Waals surface area contributed by atoms with Crippen LogP contribution in [0.15, 0.2) is 24.3 Å². The maximum atomic E-state index is 12.5. The first-order chi connectivity index (χ1) is 11.9. The van der Waals surface area contributed by atoms with Crippen LogP contribution in [0, 0.1) is 0 Å². The van der Waals surface area contributed by atoms with E-state index < -0.39 is 12.2 Å². The van der Waals surface area contributed by atoms with E-state index in [0.717, 1.165) is 12.0 Å². The molecule has 0 bridgehead atoms. The minimum atomic E-state index is -2.86. The normalized spacial score (nSPS) is 28.1. The standard InChI is InChI=1S/C18H23F2NO4/c1-12(13-2-4-15(5-3-13)24-16(19)20)21-11-10-18(25-17(21)23)8-6-14(22)7-9-18/h2-5,12,14,16,22H,6-11H2,1H3/t12-,14-,18-/m0/s1. The van der Waals surface area contributed by atoms with E-state index in [-0.39, 0.29) is 24.0 Å². The fourth-order valence-electron chi connectivity index (χ4n) is 3.65. The minimum Gasteiger partial charge on any atom is -0.443 e. The van der Waals surface area contributed by atoms with E-state index in [4.69, 9.17) is 4.74 Å². The first-order valence-electron chi connectivity index (χ1n) is 8.61. The first-order valence-corrected chi connectivity index (χ1v) is 8.61. The number of amides is 1. The van der Waals surface area contributed by atoms with Crippen molar-refractivity contribution >= 4 is 6.09 Å². The van der Waals surface area contributed by atoms with Crippen LogP contribution in [0.5, 0.6) is 5.75 Å². The third-order valence-corrected chi connectivity index (χ3v) is 5.27. The number of carbonyl (C=O) groups is 1. The summed E-state index contributed by atoms with van der Waals surface area (Å²) in [6.45, 7) is -0.399. The third kappa shape index (κ3) is 4.03. The first kappa shape index (κ1) is 17.9. The Bertz CT molecular complexity index is 600. The fraction of sp³-hybridized carbons (Fsp3) is 0.611. The monoisotopic (exact) mass is 355 g/mol. The average Bonchev–Trinajstić information content (AvgIpc) is 2.58. The molecule has 0 radical (unpaired) electrons. The van der Waals surface area contributed by atoms with Gasteiger partial charge in [-0.1, -0.05) is 12.1 Å². The topological polar surface area (TPSA) is 59.0 Å². The van der Waals surface area contributed by atoms with Crippen LogP contribution >= 0.6 is 0 Å². The van der Waals surface area contributed by atoms with Gasteiger partial charge in [-0.25, -0.2) is 4.79 Å². The van der Waals surface area contributed by atoms with Gasteiger partial charge in [-0.15, -0.1) is 0 Å². The number of hydrogen-bond acceptors (Lipinski definition) is 4. The maximum absolute atomic E-state index is 12.5. The predicted octanol–water partition coefficient (Wildman–Crippen LogP) is 3.87. The van der Waals surface area contributed by atoms with Crippen molar-refractivity contribution in [1.82, 2.24) is 4.90 Å². The zero-order valence-electron chi connectivity index (χ0n) is 14.2. The number of ether oxygens (including phenoxy) is 2. The molecule has 0 aromatic heterocycles. The van der Waals surface area contributed by atoms with Crippen LogP contribution in [0.4, 0.5) is 13.6 Å². The van der Waals surface area contributed by atoms with E-state index in [9.17, 15) is 18.7 Å². The Kier molecular flexibility index (Phi) is 5.13. The zero-order valence-corrected chi connectivity index (χ0v) is 14.2. The lowest BCUT2D eigenvalue weighted by atomic mass is 9.80. The summed E-state index contributed by atoms with van der Waals surface area (Å²) in [4.78, 5) is 14.1. The van der Waals surface area contributed by atoms with E-state index in [1.54, 1.807) is 17.0 Å². The highest BCUT2D eigenvalue weighted by molar-refractivity contribution is 5.69. The molecule has 1 N–H and O–H groups in total. The van der Waals surface area contributed by atoms with Gasteiger partial charge < -0.3 is 19.5 Å². The van der Waals surface area contributed by atoms with E-state index in [1.165, 1.54) is 12.1 Å². The molecule has 0 unspecified atom stereocenters. The van der Waals surface area contributed by atoms with Crippen LogP contribution in [0.2, 0.25) is 0 Å². The molecule has 1 saturated heterocycles. The van der Waals surface area contributed by atoms with E-state index >= 15 is 0 Å². The summed E-state index contributed by atoms with van der Waals surface area (Å²) in [5.41, 5.74) is 0.384. The summed E-state index contributed by atoms with van der Waals surface area (Å²) in [6, 6.07) is 6.07. The van der Waals surface area contributed by atoms with Crippen LogP contribution in [-0.2, 0) is 4.74 Å². The molecule has 2 aliphatic rings. The van der Waals surface area contributed by atoms with Crippen LogP contribution < -0.4 is 4.74 Å². The SMILES string of the molecule is C[C@@H](c1ccc(OC(F)F)cc1)N1CC[C@]2(CC[C@@H](O)CC2)OC1=O. The van der Waals surface area contributed by atoms with Crippen molar-refractivity contribution in [2.45, 2.75) is 63.4 Å². The van der Waals surface area contributed by atoms with Crippen LogP contribution in [0.1, 0.15) is 50.6 Å². The maximum Gasteiger partial charge on any atom is 0.410 e. The van der Waals surface area contributed by atoms with Crippen molar-refractivity contribution in [2.75, 3.05) is 6.54 Å². The van der Waals surface area contributed by atoms with Gasteiger partial charge >= 0.3 is 12.7 Å². The van der Waals surface area contributed by atoms with E-state index in [2.05, 4.69) is 4.74 Å². The number of rotatable bonds is 4. The number of carbonyl (C=O) groups excluding carboxylic acids is 1. The van der Waals surface area contributed by atoms with E-state index in [0.29, 0.717) is 32.2 Å². The lowest BCUT2D eigenvalue weighted by Gasteiger charge is -2.45. The molecule has 1 amide bonds. The highest BCUT2D eigenvalue weighted by Crippen LogP contribution is 2.39. The number of halogens is 2. The zero-order chi connectivity index (χ0) is 18.0. The number of hydrogen-bond donors (Lipinski definition) is 1. The van der Waals surface area contributed by atoms with Crippen molar-refractivity contribution in [3.8, 4) is 5.75 Å². The summed E-state index contributed by atoms with van der Waals surface area (Å²) >= 11 is 0. The Morgan fingerprint density at radius 3 is 2.44 bits per heavy atom. The molecule has 1 aliphatic carbocycles. The number of benzene rings is 1. The Balaban J connectivity index is 1.63. The van der Waals surface area contributed by atoms with Crippen molar-refractivity contribution < 1.29 is 28.2 Å². The second kappa shape index (κ2) is 7.15. The molecule has 7 heteroatoms. The summed E-state index contributed by atoms with van der Waals surface area (Å²) in [5, 5.41) is 9.65. The van der Waals surface area contributed by atoms with E-state index in [1.807, 2.05) is 6.92 Å².